The molecule has 0 amide bonds. The summed E-state index contributed by atoms with van der Waals surface area (Å²) in [5.74, 6) is 1.44. The molecule has 100 valence electrons. The van der Waals surface area contributed by atoms with Gasteiger partial charge in [0.15, 0.2) is 5.96 Å². The summed E-state index contributed by atoms with van der Waals surface area (Å²) in [5.41, 5.74) is 0. The number of hydrogen-bond donors (Lipinski definition) is 2. The maximum atomic E-state index is 5.67. The number of rotatable bonds is 4. The Morgan fingerprint density at radius 1 is 1.41 bits per heavy atom. The molecule has 0 aliphatic carbocycles. The minimum Gasteiger partial charge on any atom is -0.381 e. The monoisotopic (exact) mass is 373 g/mol. The molecule has 17 heavy (non-hydrogen) atoms. The van der Waals surface area contributed by atoms with Crippen molar-refractivity contribution >= 4 is 41.5 Å². The normalized spacial score (nSPS) is 17.2. The van der Waals surface area contributed by atoms with Crippen molar-refractivity contribution in [1.82, 2.24) is 10.6 Å². The molecule has 0 atom stereocenters. The predicted octanol–water partition coefficient (Wildman–Crippen LogP) is 1.95. The molecule has 0 unspecified atom stereocenters. The van der Waals surface area contributed by atoms with Crippen LogP contribution in [0.15, 0.2) is 16.6 Å². The summed E-state index contributed by atoms with van der Waals surface area (Å²) in [7, 11) is 1.75. The van der Waals surface area contributed by atoms with Crippen LogP contribution in [0.2, 0.25) is 0 Å². The average molecular weight is 374 g/mol. The third-order valence-corrected chi connectivity index (χ3v) is 2.70. The Morgan fingerprint density at radius 3 is 2.59 bits per heavy atom. The first-order valence-electron chi connectivity index (χ1n) is 5.58. The zero-order valence-corrected chi connectivity index (χ0v) is 13.3. The van der Waals surface area contributed by atoms with E-state index in [-0.39, 0.29) is 24.0 Å². The van der Waals surface area contributed by atoms with Crippen molar-refractivity contribution in [2.45, 2.75) is 12.8 Å². The Bertz CT molecular complexity index is 255. The molecule has 1 heterocycles. The molecule has 0 saturated carbocycles. The lowest BCUT2D eigenvalue weighted by atomic mass is 10.0. The van der Waals surface area contributed by atoms with E-state index in [4.69, 9.17) is 16.3 Å². The van der Waals surface area contributed by atoms with Gasteiger partial charge >= 0.3 is 0 Å². The maximum absolute atomic E-state index is 5.67. The van der Waals surface area contributed by atoms with Gasteiger partial charge < -0.3 is 15.4 Å². The minimum absolute atomic E-state index is 0. The molecule has 0 aromatic rings. The predicted molar refractivity (Wildman–Crippen MR) is 83.3 cm³/mol. The number of guanidine groups is 1. The third kappa shape index (κ3) is 7.83. The molecular formula is C11H21ClIN3O. The zero-order chi connectivity index (χ0) is 11.8. The summed E-state index contributed by atoms with van der Waals surface area (Å²) < 4.78 is 5.31. The van der Waals surface area contributed by atoms with E-state index in [0.29, 0.717) is 17.5 Å². The smallest absolute Gasteiger partial charge is 0.191 e. The molecule has 1 saturated heterocycles. The number of hydrogen-bond acceptors (Lipinski definition) is 2. The highest BCUT2D eigenvalue weighted by Crippen LogP contribution is 2.12. The highest BCUT2D eigenvalue weighted by molar-refractivity contribution is 14.0. The van der Waals surface area contributed by atoms with Crippen LogP contribution >= 0.6 is 35.6 Å². The topological polar surface area (TPSA) is 45.7 Å². The molecule has 1 aliphatic heterocycles. The van der Waals surface area contributed by atoms with Gasteiger partial charge in [-0.2, -0.15) is 0 Å². The molecule has 0 spiro atoms. The average Bonchev–Trinajstić information content (AvgIpc) is 2.30. The summed E-state index contributed by atoms with van der Waals surface area (Å²) in [6.45, 7) is 6.82. The minimum atomic E-state index is 0. The van der Waals surface area contributed by atoms with Crippen molar-refractivity contribution < 1.29 is 4.74 Å². The molecule has 1 aliphatic rings. The standard InChI is InChI=1S/C11H20ClN3O.HI/c1-9(12)7-14-11(13-2)15-8-10-3-5-16-6-4-10;/h10H,1,3-8H2,2H3,(H2,13,14,15);1H. The van der Waals surface area contributed by atoms with Crippen LogP contribution in [0.1, 0.15) is 12.8 Å². The van der Waals surface area contributed by atoms with E-state index in [1.807, 2.05) is 0 Å². The van der Waals surface area contributed by atoms with E-state index in [2.05, 4.69) is 22.2 Å². The first kappa shape index (κ1) is 17.0. The van der Waals surface area contributed by atoms with Gasteiger partial charge in [0.25, 0.3) is 0 Å². The summed E-state index contributed by atoms with van der Waals surface area (Å²) >= 11 is 5.67. The van der Waals surface area contributed by atoms with Crippen molar-refractivity contribution in [3.8, 4) is 0 Å². The van der Waals surface area contributed by atoms with Gasteiger partial charge in [0.05, 0.1) is 6.54 Å². The fraction of sp³-hybridized carbons (Fsp3) is 0.727. The summed E-state index contributed by atoms with van der Waals surface area (Å²) in [4.78, 5) is 4.11. The molecular weight excluding hydrogens is 352 g/mol. The lowest BCUT2D eigenvalue weighted by Gasteiger charge is -2.23. The summed E-state index contributed by atoms with van der Waals surface area (Å²) in [5, 5.41) is 6.94. The number of nitrogens with one attached hydrogen (secondary N) is 2. The largest absolute Gasteiger partial charge is 0.381 e. The van der Waals surface area contributed by atoms with Crippen LogP contribution in [-0.4, -0.2) is 39.3 Å². The number of aliphatic imine (C=N–C) groups is 1. The molecule has 0 aromatic heterocycles. The van der Waals surface area contributed by atoms with Crippen LogP contribution in [0.3, 0.4) is 0 Å². The molecule has 2 N–H and O–H groups in total. The van der Waals surface area contributed by atoms with E-state index < -0.39 is 0 Å². The van der Waals surface area contributed by atoms with E-state index in [1.165, 1.54) is 0 Å². The van der Waals surface area contributed by atoms with Crippen molar-refractivity contribution in [3.05, 3.63) is 11.6 Å². The first-order valence-corrected chi connectivity index (χ1v) is 5.95. The first-order chi connectivity index (χ1) is 7.72. The van der Waals surface area contributed by atoms with E-state index in [0.717, 1.165) is 38.6 Å². The molecule has 4 nitrogen and oxygen atoms in total. The van der Waals surface area contributed by atoms with Gasteiger partial charge in [-0.25, -0.2) is 0 Å². The Kier molecular flexibility index (Phi) is 9.96. The Hall–Kier alpha value is -0.0100. The van der Waals surface area contributed by atoms with Gasteiger partial charge in [-0.05, 0) is 18.8 Å². The second-order valence-corrected chi connectivity index (χ2v) is 4.41. The fourth-order valence-corrected chi connectivity index (χ4v) is 1.66. The van der Waals surface area contributed by atoms with E-state index >= 15 is 0 Å². The fourth-order valence-electron chi connectivity index (χ4n) is 1.59. The van der Waals surface area contributed by atoms with Crippen LogP contribution in [0.4, 0.5) is 0 Å². The lowest BCUT2D eigenvalue weighted by molar-refractivity contribution is 0.0675. The molecule has 0 radical (unpaired) electrons. The SMILES string of the molecule is C=C(Cl)CNC(=NC)NCC1CCOCC1.I. The van der Waals surface area contributed by atoms with Crippen LogP contribution in [0.25, 0.3) is 0 Å². The van der Waals surface area contributed by atoms with Crippen molar-refractivity contribution in [1.29, 1.82) is 0 Å². The second-order valence-electron chi connectivity index (χ2n) is 3.88. The zero-order valence-electron chi connectivity index (χ0n) is 10.2. The number of ether oxygens (including phenoxy) is 1. The Balaban J connectivity index is 0.00000256. The molecule has 1 rings (SSSR count). The van der Waals surface area contributed by atoms with Gasteiger partial charge in [0, 0.05) is 31.8 Å². The van der Waals surface area contributed by atoms with Crippen molar-refractivity contribution in [2.24, 2.45) is 10.9 Å². The van der Waals surface area contributed by atoms with Gasteiger partial charge in [-0.3, -0.25) is 4.99 Å². The van der Waals surface area contributed by atoms with Gasteiger partial charge in [-0.1, -0.05) is 18.2 Å². The van der Waals surface area contributed by atoms with Gasteiger partial charge in [0.1, 0.15) is 0 Å². The third-order valence-electron chi connectivity index (χ3n) is 2.57. The number of halogens is 2. The van der Waals surface area contributed by atoms with Crippen LogP contribution in [0.5, 0.6) is 0 Å². The van der Waals surface area contributed by atoms with Crippen molar-refractivity contribution in [2.75, 3.05) is 33.4 Å². The van der Waals surface area contributed by atoms with Crippen LogP contribution in [-0.2, 0) is 4.74 Å². The van der Waals surface area contributed by atoms with E-state index in [9.17, 15) is 0 Å². The second kappa shape index (κ2) is 9.96. The lowest BCUT2D eigenvalue weighted by Crippen LogP contribution is -2.41. The Morgan fingerprint density at radius 2 is 2.06 bits per heavy atom. The van der Waals surface area contributed by atoms with Crippen LogP contribution in [0, 0.1) is 5.92 Å². The molecule has 1 fully saturated rings. The van der Waals surface area contributed by atoms with Gasteiger partial charge in [-0.15, -0.1) is 24.0 Å². The maximum Gasteiger partial charge on any atom is 0.191 e. The Labute approximate surface area is 125 Å². The van der Waals surface area contributed by atoms with Gasteiger partial charge in [0.2, 0.25) is 0 Å². The van der Waals surface area contributed by atoms with E-state index in [1.54, 1.807) is 7.05 Å². The highest BCUT2D eigenvalue weighted by atomic mass is 127. The van der Waals surface area contributed by atoms with Crippen molar-refractivity contribution in [3.63, 3.8) is 0 Å². The quantitative estimate of drug-likeness (QED) is 0.450. The van der Waals surface area contributed by atoms with Crippen LogP contribution < -0.4 is 10.6 Å². The molecule has 0 aromatic carbocycles. The molecule has 6 heteroatoms. The summed E-state index contributed by atoms with van der Waals surface area (Å²) in [6, 6.07) is 0. The molecule has 0 bridgehead atoms. The number of nitrogens with zero attached hydrogens (tertiary/aromatic N) is 1. The summed E-state index contributed by atoms with van der Waals surface area (Å²) in [6.07, 6.45) is 2.23. The highest BCUT2D eigenvalue weighted by Gasteiger charge is 2.13.